The van der Waals surface area contributed by atoms with Crippen LogP contribution in [0, 0.1) is 0 Å². The number of nitrogens with zero attached hydrogens (tertiary/aromatic N) is 4. The van der Waals surface area contributed by atoms with Gasteiger partial charge in [0.05, 0.1) is 5.75 Å². The van der Waals surface area contributed by atoms with E-state index in [4.69, 9.17) is 0 Å². The maximum absolute atomic E-state index is 12.9. The summed E-state index contributed by atoms with van der Waals surface area (Å²) in [6.45, 7) is 3.28. The molecule has 31 heavy (non-hydrogen) atoms. The third kappa shape index (κ3) is 5.03. The molecule has 0 bridgehead atoms. The second kappa shape index (κ2) is 10.1. The molecule has 0 spiro atoms. The first kappa shape index (κ1) is 20.9. The van der Waals surface area contributed by atoms with Gasteiger partial charge < -0.3 is 4.90 Å². The Bertz CT molecular complexity index is 1110. The van der Waals surface area contributed by atoms with Gasteiger partial charge in [0.1, 0.15) is 0 Å². The standard InChI is InChI=1S/C25H24N4OS/c1-2-28(18-20-12-6-3-7-13-20)23(30)19-31-25-27-26-24(21-14-8-4-9-15-21)29(25)22-16-10-5-11-17-22/h3-17H,2,18-19H2,1H3. The molecule has 5 nitrogen and oxygen atoms in total. The van der Waals surface area contributed by atoms with Crippen molar-refractivity contribution < 1.29 is 4.79 Å². The molecular formula is C25H24N4OS. The molecule has 4 aromatic rings. The highest BCUT2D eigenvalue weighted by molar-refractivity contribution is 7.99. The molecule has 3 aromatic carbocycles. The van der Waals surface area contributed by atoms with E-state index in [-0.39, 0.29) is 5.91 Å². The van der Waals surface area contributed by atoms with Gasteiger partial charge in [-0.05, 0) is 24.6 Å². The maximum atomic E-state index is 12.9. The van der Waals surface area contributed by atoms with Crippen molar-refractivity contribution in [1.82, 2.24) is 19.7 Å². The molecule has 0 atom stereocenters. The van der Waals surface area contributed by atoms with Gasteiger partial charge in [-0.25, -0.2) is 0 Å². The molecule has 156 valence electrons. The van der Waals surface area contributed by atoms with E-state index in [0.717, 1.165) is 22.6 Å². The third-order valence-electron chi connectivity index (χ3n) is 4.96. The topological polar surface area (TPSA) is 51.0 Å². The number of para-hydroxylation sites is 1. The van der Waals surface area contributed by atoms with Gasteiger partial charge in [0.2, 0.25) is 5.91 Å². The Balaban J connectivity index is 1.56. The fourth-order valence-electron chi connectivity index (χ4n) is 3.35. The number of rotatable bonds is 8. The number of amides is 1. The second-order valence-electron chi connectivity index (χ2n) is 7.03. The van der Waals surface area contributed by atoms with Gasteiger partial charge in [-0.3, -0.25) is 9.36 Å². The third-order valence-corrected chi connectivity index (χ3v) is 5.87. The van der Waals surface area contributed by atoms with E-state index in [1.54, 1.807) is 0 Å². The zero-order valence-corrected chi connectivity index (χ0v) is 18.2. The number of hydrogen-bond donors (Lipinski definition) is 0. The highest BCUT2D eigenvalue weighted by Gasteiger charge is 2.19. The van der Waals surface area contributed by atoms with Crippen LogP contribution < -0.4 is 0 Å². The minimum absolute atomic E-state index is 0.0835. The summed E-state index contributed by atoms with van der Waals surface area (Å²) in [6, 6.07) is 30.0. The fraction of sp³-hybridized carbons (Fsp3) is 0.160. The zero-order chi connectivity index (χ0) is 21.5. The summed E-state index contributed by atoms with van der Waals surface area (Å²) >= 11 is 1.42. The van der Waals surface area contributed by atoms with Crippen LogP contribution in [0.15, 0.2) is 96.2 Å². The van der Waals surface area contributed by atoms with Crippen LogP contribution >= 0.6 is 11.8 Å². The lowest BCUT2D eigenvalue weighted by molar-refractivity contribution is -0.128. The van der Waals surface area contributed by atoms with Crippen LogP contribution in [0.5, 0.6) is 0 Å². The largest absolute Gasteiger partial charge is 0.338 e. The first-order valence-electron chi connectivity index (χ1n) is 10.3. The molecule has 0 N–H and O–H groups in total. The van der Waals surface area contributed by atoms with Crippen LogP contribution in [-0.2, 0) is 11.3 Å². The Hall–Kier alpha value is -3.38. The molecule has 4 rings (SSSR count). The number of hydrogen-bond acceptors (Lipinski definition) is 4. The first-order chi connectivity index (χ1) is 15.3. The molecule has 0 aliphatic heterocycles. The quantitative estimate of drug-likeness (QED) is 0.368. The molecule has 1 heterocycles. The monoisotopic (exact) mass is 428 g/mol. The SMILES string of the molecule is CCN(Cc1ccccc1)C(=O)CSc1nnc(-c2ccccc2)n1-c1ccccc1. The van der Waals surface area contributed by atoms with Crippen LogP contribution in [0.2, 0.25) is 0 Å². The van der Waals surface area contributed by atoms with Crippen LogP contribution in [0.1, 0.15) is 12.5 Å². The van der Waals surface area contributed by atoms with Gasteiger partial charge in [0.25, 0.3) is 0 Å². The van der Waals surface area contributed by atoms with Crippen molar-refractivity contribution in [3.63, 3.8) is 0 Å². The molecule has 0 radical (unpaired) electrons. The molecule has 0 saturated carbocycles. The van der Waals surface area contributed by atoms with Crippen LogP contribution in [-0.4, -0.2) is 37.9 Å². The lowest BCUT2D eigenvalue weighted by atomic mass is 10.2. The molecule has 6 heteroatoms. The Kier molecular flexibility index (Phi) is 6.79. The molecule has 0 saturated heterocycles. The minimum atomic E-state index is 0.0835. The highest BCUT2D eigenvalue weighted by atomic mass is 32.2. The number of aromatic nitrogens is 3. The van der Waals surface area contributed by atoms with E-state index < -0.39 is 0 Å². The van der Waals surface area contributed by atoms with Gasteiger partial charge in [0.15, 0.2) is 11.0 Å². The second-order valence-corrected chi connectivity index (χ2v) is 7.97. The normalized spacial score (nSPS) is 10.7. The van der Waals surface area contributed by atoms with E-state index in [0.29, 0.717) is 24.0 Å². The fourth-order valence-corrected chi connectivity index (χ4v) is 4.20. The first-order valence-corrected chi connectivity index (χ1v) is 11.3. The van der Waals surface area contributed by atoms with Crippen molar-refractivity contribution in [2.45, 2.75) is 18.6 Å². The highest BCUT2D eigenvalue weighted by Crippen LogP contribution is 2.28. The number of benzene rings is 3. The van der Waals surface area contributed by atoms with Gasteiger partial charge in [0, 0.05) is 24.3 Å². The molecule has 0 unspecified atom stereocenters. The van der Waals surface area contributed by atoms with Gasteiger partial charge in [-0.15, -0.1) is 10.2 Å². The van der Waals surface area contributed by atoms with Crippen molar-refractivity contribution in [2.75, 3.05) is 12.3 Å². The van der Waals surface area contributed by atoms with Crippen molar-refractivity contribution in [1.29, 1.82) is 0 Å². The number of carbonyl (C=O) groups excluding carboxylic acids is 1. The molecule has 1 amide bonds. The Morgan fingerprint density at radius 1 is 0.871 bits per heavy atom. The van der Waals surface area contributed by atoms with E-state index in [1.165, 1.54) is 11.8 Å². The number of thioether (sulfide) groups is 1. The molecular weight excluding hydrogens is 404 g/mol. The number of carbonyl (C=O) groups is 1. The summed E-state index contributed by atoms with van der Waals surface area (Å²) in [4.78, 5) is 14.8. The molecule has 1 aromatic heterocycles. The van der Waals surface area contributed by atoms with E-state index in [2.05, 4.69) is 10.2 Å². The predicted octanol–water partition coefficient (Wildman–Crippen LogP) is 5.08. The Morgan fingerprint density at radius 2 is 1.48 bits per heavy atom. The minimum Gasteiger partial charge on any atom is -0.338 e. The molecule has 0 aliphatic carbocycles. The summed E-state index contributed by atoms with van der Waals surface area (Å²) in [5, 5.41) is 9.56. The van der Waals surface area contributed by atoms with E-state index in [9.17, 15) is 4.79 Å². The van der Waals surface area contributed by atoms with Crippen molar-refractivity contribution in [3.8, 4) is 17.1 Å². The maximum Gasteiger partial charge on any atom is 0.233 e. The van der Waals surface area contributed by atoms with Crippen LogP contribution in [0.25, 0.3) is 17.1 Å². The smallest absolute Gasteiger partial charge is 0.233 e. The summed E-state index contributed by atoms with van der Waals surface area (Å²) in [6.07, 6.45) is 0. The Morgan fingerprint density at radius 3 is 2.13 bits per heavy atom. The lowest BCUT2D eigenvalue weighted by Gasteiger charge is -2.21. The van der Waals surface area contributed by atoms with Crippen molar-refractivity contribution >= 4 is 17.7 Å². The summed E-state index contributed by atoms with van der Waals surface area (Å²) in [5.41, 5.74) is 3.08. The molecule has 0 fully saturated rings. The predicted molar refractivity (Wildman–Crippen MR) is 125 cm³/mol. The van der Waals surface area contributed by atoms with Crippen LogP contribution in [0.4, 0.5) is 0 Å². The summed E-state index contributed by atoms with van der Waals surface area (Å²) < 4.78 is 2.01. The average Bonchev–Trinajstić information content (AvgIpc) is 3.27. The van der Waals surface area contributed by atoms with E-state index in [1.807, 2.05) is 107 Å². The van der Waals surface area contributed by atoms with Crippen LogP contribution in [0.3, 0.4) is 0 Å². The van der Waals surface area contributed by atoms with Gasteiger partial charge in [-0.2, -0.15) is 0 Å². The average molecular weight is 429 g/mol. The zero-order valence-electron chi connectivity index (χ0n) is 17.4. The van der Waals surface area contributed by atoms with Crippen molar-refractivity contribution in [2.24, 2.45) is 0 Å². The lowest BCUT2D eigenvalue weighted by Crippen LogP contribution is -2.31. The molecule has 0 aliphatic rings. The summed E-state index contributed by atoms with van der Waals surface area (Å²) in [7, 11) is 0. The van der Waals surface area contributed by atoms with Crippen molar-refractivity contribution in [3.05, 3.63) is 96.6 Å². The Labute approximate surface area is 186 Å². The van der Waals surface area contributed by atoms with Gasteiger partial charge in [-0.1, -0.05) is 90.6 Å². The van der Waals surface area contributed by atoms with Gasteiger partial charge >= 0.3 is 0 Å². The van der Waals surface area contributed by atoms with E-state index >= 15 is 0 Å². The summed E-state index contributed by atoms with van der Waals surface area (Å²) in [5.74, 6) is 1.15.